The van der Waals surface area contributed by atoms with E-state index in [2.05, 4.69) is 39.6 Å². The van der Waals surface area contributed by atoms with Crippen LogP contribution in [0.5, 0.6) is 5.75 Å². The van der Waals surface area contributed by atoms with Crippen LogP contribution in [-0.4, -0.2) is 23.7 Å². The van der Waals surface area contributed by atoms with E-state index in [9.17, 15) is 5.11 Å². The molecule has 1 heterocycles. The first kappa shape index (κ1) is 14.9. The van der Waals surface area contributed by atoms with Gasteiger partial charge in [-0.15, -0.1) is 0 Å². The molecule has 1 aromatic carbocycles. The summed E-state index contributed by atoms with van der Waals surface area (Å²) in [6.45, 7) is 13.2. The number of aliphatic imine (C=N–C) groups is 1. The lowest BCUT2D eigenvalue weighted by molar-refractivity contribution is 0.291. The van der Waals surface area contributed by atoms with Crippen molar-refractivity contribution in [2.75, 3.05) is 6.61 Å². The number of hydrogen-bond donors (Lipinski definition) is 1. The average molecular weight is 275 g/mol. The standard InChI is InChI=1S/C17H25NO2/c1-10(2)14-9-20-16(18-14)12-7-11(3)8-13(15(12)19)17(4,5)6/h7-8,10,14,19H,9H2,1-6H3/t14-/m1/s1. The molecule has 3 heteroatoms. The van der Waals surface area contributed by atoms with Crippen LogP contribution in [0, 0.1) is 12.8 Å². The number of phenols is 1. The van der Waals surface area contributed by atoms with Crippen molar-refractivity contribution in [1.29, 1.82) is 0 Å². The number of phenolic OH excluding ortho intramolecular Hbond substituents is 1. The fourth-order valence-electron chi connectivity index (χ4n) is 2.39. The van der Waals surface area contributed by atoms with Crippen LogP contribution in [0.1, 0.15) is 51.3 Å². The van der Waals surface area contributed by atoms with Crippen molar-refractivity contribution in [3.8, 4) is 5.75 Å². The lowest BCUT2D eigenvalue weighted by atomic mass is 9.84. The molecule has 0 radical (unpaired) electrons. The monoisotopic (exact) mass is 275 g/mol. The highest BCUT2D eigenvalue weighted by atomic mass is 16.5. The fourth-order valence-corrected chi connectivity index (χ4v) is 2.39. The van der Waals surface area contributed by atoms with Crippen LogP contribution < -0.4 is 0 Å². The number of nitrogens with zero attached hydrogens (tertiary/aromatic N) is 1. The second-order valence-electron chi connectivity index (χ2n) is 7.02. The van der Waals surface area contributed by atoms with Crippen LogP contribution in [0.2, 0.25) is 0 Å². The molecule has 110 valence electrons. The van der Waals surface area contributed by atoms with Gasteiger partial charge in [-0.1, -0.05) is 40.7 Å². The Bertz CT molecular complexity index is 539. The second-order valence-corrected chi connectivity index (χ2v) is 7.02. The Labute approximate surface area is 121 Å². The summed E-state index contributed by atoms with van der Waals surface area (Å²) in [5.41, 5.74) is 2.66. The van der Waals surface area contributed by atoms with Gasteiger partial charge >= 0.3 is 0 Å². The highest BCUT2D eigenvalue weighted by molar-refractivity contribution is 5.98. The minimum atomic E-state index is -0.110. The van der Waals surface area contributed by atoms with Crippen molar-refractivity contribution in [3.05, 3.63) is 28.8 Å². The van der Waals surface area contributed by atoms with Crippen LogP contribution >= 0.6 is 0 Å². The lowest BCUT2D eigenvalue weighted by Crippen LogP contribution is -2.14. The van der Waals surface area contributed by atoms with E-state index in [0.29, 0.717) is 24.2 Å². The van der Waals surface area contributed by atoms with E-state index in [0.717, 1.165) is 16.7 Å². The highest BCUT2D eigenvalue weighted by Gasteiger charge is 2.27. The topological polar surface area (TPSA) is 41.8 Å². The van der Waals surface area contributed by atoms with Crippen molar-refractivity contribution in [2.45, 2.75) is 53.0 Å². The van der Waals surface area contributed by atoms with Gasteiger partial charge in [-0.25, -0.2) is 4.99 Å². The zero-order chi connectivity index (χ0) is 15.1. The van der Waals surface area contributed by atoms with E-state index in [-0.39, 0.29) is 11.5 Å². The third kappa shape index (κ3) is 2.82. The first-order valence-electron chi connectivity index (χ1n) is 7.25. The fraction of sp³-hybridized carbons (Fsp3) is 0.588. The first-order valence-corrected chi connectivity index (χ1v) is 7.25. The molecule has 0 saturated carbocycles. The molecule has 0 spiro atoms. The summed E-state index contributed by atoms with van der Waals surface area (Å²) in [4.78, 5) is 4.62. The van der Waals surface area contributed by atoms with E-state index in [1.54, 1.807) is 0 Å². The Balaban J connectivity index is 2.49. The number of hydrogen-bond acceptors (Lipinski definition) is 3. The van der Waals surface area contributed by atoms with Crippen molar-refractivity contribution in [2.24, 2.45) is 10.9 Å². The molecule has 0 bridgehead atoms. The minimum absolute atomic E-state index is 0.110. The van der Waals surface area contributed by atoms with Crippen LogP contribution in [0.3, 0.4) is 0 Å². The van der Waals surface area contributed by atoms with Gasteiger partial charge in [-0.05, 0) is 29.9 Å². The average Bonchev–Trinajstić information content (AvgIpc) is 2.79. The highest BCUT2D eigenvalue weighted by Crippen LogP contribution is 2.35. The molecular formula is C17H25NO2. The molecule has 0 amide bonds. The maximum absolute atomic E-state index is 10.6. The van der Waals surface area contributed by atoms with Gasteiger partial charge in [-0.3, -0.25) is 0 Å². The maximum Gasteiger partial charge on any atom is 0.220 e. The predicted octanol–water partition coefficient (Wildman–Crippen LogP) is 3.80. The van der Waals surface area contributed by atoms with Gasteiger partial charge in [-0.2, -0.15) is 0 Å². The maximum atomic E-state index is 10.6. The molecule has 1 N–H and O–H groups in total. The van der Waals surface area contributed by atoms with E-state index >= 15 is 0 Å². The molecule has 20 heavy (non-hydrogen) atoms. The van der Waals surface area contributed by atoms with E-state index in [1.165, 1.54) is 0 Å². The summed E-state index contributed by atoms with van der Waals surface area (Å²) < 4.78 is 5.71. The molecule has 1 aliphatic heterocycles. The molecule has 2 rings (SSSR count). The van der Waals surface area contributed by atoms with E-state index in [1.807, 2.05) is 19.1 Å². The number of benzene rings is 1. The number of aromatic hydroxyl groups is 1. The van der Waals surface area contributed by atoms with Gasteiger partial charge in [0, 0.05) is 5.56 Å². The molecule has 0 unspecified atom stereocenters. The minimum Gasteiger partial charge on any atom is -0.507 e. The van der Waals surface area contributed by atoms with Gasteiger partial charge in [0.05, 0.1) is 11.6 Å². The van der Waals surface area contributed by atoms with Crippen molar-refractivity contribution < 1.29 is 9.84 Å². The molecule has 0 fully saturated rings. The Morgan fingerprint density at radius 1 is 1.30 bits per heavy atom. The largest absolute Gasteiger partial charge is 0.507 e. The van der Waals surface area contributed by atoms with Gasteiger partial charge in [0.25, 0.3) is 0 Å². The summed E-state index contributed by atoms with van der Waals surface area (Å²) in [5, 5.41) is 10.6. The van der Waals surface area contributed by atoms with Gasteiger partial charge < -0.3 is 9.84 Å². The Kier molecular flexibility index (Phi) is 3.81. The summed E-state index contributed by atoms with van der Waals surface area (Å²) in [5.74, 6) is 1.32. The molecule has 0 aromatic heterocycles. The number of ether oxygens (including phenoxy) is 1. The Morgan fingerprint density at radius 2 is 1.95 bits per heavy atom. The quantitative estimate of drug-likeness (QED) is 0.892. The lowest BCUT2D eigenvalue weighted by Gasteiger charge is -2.22. The molecular weight excluding hydrogens is 250 g/mol. The summed E-state index contributed by atoms with van der Waals surface area (Å²) >= 11 is 0. The number of aryl methyl sites for hydroxylation is 1. The third-order valence-electron chi connectivity index (χ3n) is 3.74. The molecule has 1 aromatic rings. The van der Waals surface area contributed by atoms with Gasteiger partial charge in [0.2, 0.25) is 5.90 Å². The molecule has 0 saturated heterocycles. The smallest absolute Gasteiger partial charge is 0.220 e. The Hall–Kier alpha value is -1.51. The summed E-state index contributed by atoms with van der Waals surface area (Å²) in [7, 11) is 0. The van der Waals surface area contributed by atoms with E-state index in [4.69, 9.17) is 4.74 Å². The van der Waals surface area contributed by atoms with Crippen LogP contribution in [0.4, 0.5) is 0 Å². The summed E-state index contributed by atoms with van der Waals surface area (Å²) in [6.07, 6.45) is 0. The molecule has 0 aliphatic carbocycles. The predicted molar refractivity (Wildman–Crippen MR) is 82.7 cm³/mol. The van der Waals surface area contributed by atoms with E-state index < -0.39 is 0 Å². The Morgan fingerprint density at radius 3 is 2.45 bits per heavy atom. The SMILES string of the molecule is Cc1cc(C2=N[C@@H](C(C)C)CO2)c(O)c(C(C)(C)C)c1. The van der Waals surface area contributed by atoms with Gasteiger partial charge in [0.1, 0.15) is 12.4 Å². The van der Waals surface area contributed by atoms with Crippen LogP contribution in [-0.2, 0) is 10.2 Å². The van der Waals surface area contributed by atoms with Crippen molar-refractivity contribution in [3.63, 3.8) is 0 Å². The van der Waals surface area contributed by atoms with Crippen molar-refractivity contribution >= 4 is 5.90 Å². The first-order chi connectivity index (χ1) is 9.20. The third-order valence-corrected chi connectivity index (χ3v) is 3.74. The molecule has 1 aliphatic rings. The van der Waals surface area contributed by atoms with Crippen molar-refractivity contribution in [1.82, 2.24) is 0 Å². The zero-order valence-electron chi connectivity index (χ0n) is 13.3. The normalized spacial score (nSPS) is 19.1. The summed E-state index contributed by atoms with van der Waals surface area (Å²) in [6, 6.07) is 4.17. The molecule has 3 nitrogen and oxygen atoms in total. The number of rotatable bonds is 2. The zero-order valence-corrected chi connectivity index (χ0v) is 13.3. The second kappa shape index (κ2) is 5.12. The van der Waals surface area contributed by atoms with Crippen LogP contribution in [0.15, 0.2) is 17.1 Å². The van der Waals surface area contributed by atoms with Crippen LogP contribution in [0.25, 0.3) is 0 Å². The van der Waals surface area contributed by atoms with Gasteiger partial charge in [0.15, 0.2) is 0 Å². The molecule has 1 atom stereocenters.